The van der Waals surface area contributed by atoms with E-state index < -0.39 is 0 Å². The summed E-state index contributed by atoms with van der Waals surface area (Å²) in [4.78, 5) is 4.26. The number of nitrogens with two attached hydrogens (primary N) is 1. The molecular formula is C13H16ClN3O. The minimum absolute atomic E-state index is 0.418. The summed E-state index contributed by atoms with van der Waals surface area (Å²) >= 11 is 6.17. The minimum atomic E-state index is 0.418. The summed E-state index contributed by atoms with van der Waals surface area (Å²) in [6.45, 7) is 2.95. The van der Waals surface area contributed by atoms with E-state index in [4.69, 9.17) is 22.1 Å². The average molecular weight is 266 g/mol. The smallest absolute Gasteiger partial charge is 0.137 e. The van der Waals surface area contributed by atoms with Crippen LogP contribution in [0.1, 0.15) is 12.7 Å². The zero-order chi connectivity index (χ0) is 13.1. The van der Waals surface area contributed by atoms with Crippen LogP contribution < -0.4 is 10.5 Å². The van der Waals surface area contributed by atoms with Gasteiger partial charge >= 0.3 is 0 Å². The van der Waals surface area contributed by atoms with Crippen LogP contribution in [0.25, 0.3) is 11.3 Å². The molecule has 0 aliphatic heterocycles. The Bertz CT molecular complexity index is 551. The Kier molecular flexibility index (Phi) is 3.89. The van der Waals surface area contributed by atoms with E-state index >= 15 is 0 Å². The van der Waals surface area contributed by atoms with Gasteiger partial charge in [0.15, 0.2) is 0 Å². The Morgan fingerprint density at radius 2 is 2.22 bits per heavy atom. The molecular weight excluding hydrogens is 250 g/mol. The molecule has 0 radical (unpaired) electrons. The van der Waals surface area contributed by atoms with Crippen molar-refractivity contribution in [2.75, 3.05) is 6.61 Å². The number of benzene rings is 1. The summed E-state index contributed by atoms with van der Waals surface area (Å²) in [5.74, 6) is 1.54. The molecule has 96 valence electrons. The lowest BCUT2D eigenvalue weighted by Gasteiger charge is -2.09. The van der Waals surface area contributed by atoms with E-state index in [1.54, 1.807) is 6.20 Å². The quantitative estimate of drug-likeness (QED) is 0.925. The van der Waals surface area contributed by atoms with E-state index in [1.807, 2.05) is 36.7 Å². The predicted octanol–water partition coefficient (Wildman–Crippen LogP) is 2.60. The zero-order valence-electron chi connectivity index (χ0n) is 10.5. The van der Waals surface area contributed by atoms with E-state index in [0.717, 1.165) is 17.1 Å². The van der Waals surface area contributed by atoms with Gasteiger partial charge in [-0.1, -0.05) is 11.6 Å². The highest BCUT2D eigenvalue weighted by Crippen LogP contribution is 2.30. The summed E-state index contributed by atoms with van der Waals surface area (Å²) in [5, 5.41) is 0.602. The standard InChI is InChI=1S/C13H16ClN3O/c1-3-18-12-5-4-9(6-10(12)14)11-8-16-13(7-15)17(11)2/h4-6,8H,3,7,15H2,1-2H3. The SMILES string of the molecule is CCOc1ccc(-c2cnc(CN)n2C)cc1Cl. The summed E-state index contributed by atoms with van der Waals surface area (Å²) in [6.07, 6.45) is 1.80. The highest BCUT2D eigenvalue weighted by atomic mass is 35.5. The van der Waals surface area contributed by atoms with Gasteiger partial charge in [-0.25, -0.2) is 4.98 Å². The second-order valence-electron chi connectivity index (χ2n) is 3.90. The molecule has 0 unspecified atom stereocenters. The fraction of sp³-hybridized carbons (Fsp3) is 0.308. The molecule has 0 saturated heterocycles. The minimum Gasteiger partial charge on any atom is -0.492 e. The Morgan fingerprint density at radius 1 is 1.44 bits per heavy atom. The second-order valence-corrected chi connectivity index (χ2v) is 4.31. The molecule has 2 N–H and O–H groups in total. The van der Waals surface area contributed by atoms with Crippen LogP contribution in [0.5, 0.6) is 5.75 Å². The zero-order valence-corrected chi connectivity index (χ0v) is 11.2. The van der Waals surface area contributed by atoms with Crippen molar-refractivity contribution in [1.82, 2.24) is 9.55 Å². The van der Waals surface area contributed by atoms with Crippen molar-refractivity contribution in [3.05, 3.63) is 35.2 Å². The van der Waals surface area contributed by atoms with E-state index in [9.17, 15) is 0 Å². The molecule has 0 atom stereocenters. The van der Waals surface area contributed by atoms with Crippen molar-refractivity contribution in [3.63, 3.8) is 0 Å². The van der Waals surface area contributed by atoms with Crippen molar-refractivity contribution in [1.29, 1.82) is 0 Å². The lowest BCUT2D eigenvalue weighted by Crippen LogP contribution is -2.05. The maximum atomic E-state index is 6.17. The van der Waals surface area contributed by atoms with Crippen molar-refractivity contribution < 1.29 is 4.74 Å². The van der Waals surface area contributed by atoms with Crippen LogP contribution >= 0.6 is 11.6 Å². The van der Waals surface area contributed by atoms with Gasteiger partial charge in [0.1, 0.15) is 11.6 Å². The van der Waals surface area contributed by atoms with Gasteiger partial charge < -0.3 is 15.0 Å². The van der Waals surface area contributed by atoms with E-state index in [-0.39, 0.29) is 0 Å². The number of ether oxygens (including phenoxy) is 1. The molecule has 5 heteroatoms. The summed E-state index contributed by atoms with van der Waals surface area (Å²) in [7, 11) is 1.94. The summed E-state index contributed by atoms with van der Waals surface area (Å²) < 4.78 is 7.37. The molecule has 1 aromatic heterocycles. The van der Waals surface area contributed by atoms with E-state index in [1.165, 1.54) is 0 Å². The third-order valence-corrected chi connectivity index (χ3v) is 3.09. The Balaban J connectivity index is 2.39. The molecule has 2 rings (SSSR count). The predicted molar refractivity (Wildman–Crippen MR) is 72.7 cm³/mol. The molecule has 1 heterocycles. The molecule has 4 nitrogen and oxygen atoms in total. The first-order valence-electron chi connectivity index (χ1n) is 5.80. The van der Waals surface area contributed by atoms with Crippen LogP contribution in [0.3, 0.4) is 0 Å². The van der Waals surface area contributed by atoms with Crippen molar-refractivity contribution in [2.45, 2.75) is 13.5 Å². The third-order valence-electron chi connectivity index (χ3n) is 2.79. The summed E-state index contributed by atoms with van der Waals surface area (Å²) in [6, 6.07) is 5.72. The average Bonchev–Trinajstić information content (AvgIpc) is 2.73. The molecule has 0 aliphatic carbocycles. The van der Waals surface area contributed by atoms with Crippen LogP contribution in [-0.2, 0) is 13.6 Å². The fourth-order valence-corrected chi connectivity index (χ4v) is 2.07. The highest BCUT2D eigenvalue weighted by Gasteiger charge is 2.09. The number of rotatable bonds is 4. The van der Waals surface area contributed by atoms with Crippen LogP contribution in [0.4, 0.5) is 0 Å². The molecule has 0 amide bonds. The van der Waals surface area contributed by atoms with Crippen molar-refractivity contribution >= 4 is 11.6 Å². The molecule has 0 saturated carbocycles. The van der Waals surface area contributed by atoms with E-state index in [2.05, 4.69) is 4.98 Å². The molecule has 1 aromatic carbocycles. The number of nitrogens with zero attached hydrogens (tertiary/aromatic N) is 2. The van der Waals surface area contributed by atoms with Gasteiger partial charge in [-0.2, -0.15) is 0 Å². The first kappa shape index (κ1) is 12.9. The largest absolute Gasteiger partial charge is 0.492 e. The Hall–Kier alpha value is -1.52. The maximum absolute atomic E-state index is 6.17. The molecule has 2 aromatic rings. The van der Waals surface area contributed by atoms with Gasteiger partial charge in [0, 0.05) is 12.6 Å². The van der Waals surface area contributed by atoms with Gasteiger partial charge in [-0.05, 0) is 25.1 Å². The van der Waals surface area contributed by atoms with E-state index in [0.29, 0.717) is 23.9 Å². The number of halogens is 1. The van der Waals surface area contributed by atoms with Crippen LogP contribution in [0.15, 0.2) is 24.4 Å². The lowest BCUT2D eigenvalue weighted by molar-refractivity contribution is 0.340. The van der Waals surface area contributed by atoms with Crippen molar-refractivity contribution in [3.8, 4) is 17.0 Å². The number of hydrogen-bond donors (Lipinski definition) is 1. The molecule has 0 spiro atoms. The molecule has 0 bridgehead atoms. The number of imidazole rings is 1. The first-order valence-corrected chi connectivity index (χ1v) is 6.18. The lowest BCUT2D eigenvalue weighted by atomic mass is 10.1. The first-order chi connectivity index (χ1) is 8.67. The monoisotopic (exact) mass is 265 g/mol. The molecule has 0 aliphatic rings. The topological polar surface area (TPSA) is 53.1 Å². The Labute approximate surface area is 111 Å². The van der Waals surface area contributed by atoms with Crippen LogP contribution in [0.2, 0.25) is 5.02 Å². The van der Waals surface area contributed by atoms with Gasteiger partial charge in [0.05, 0.1) is 30.1 Å². The second kappa shape index (κ2) is 5.42. The van der Waals surface area contributed by atoms with Gasteiger partial charge in [0.2, 0.25) is 0 Å². The highest BCUT2D eigenvalue weighted by molar-refractivity contribution is 6.32. The molecule has 18 heavy (non-hydrogen) atoms. The van der Waals surface area contributed by atoms with Crippen LogP contribution in [0, 0.1) is 0 Å². The van der Waals surface area contributed by atoms with Gasteiger partial charge in [-0.15, -0.1) is 0 Å². The fourth-order valence-electron chi connectivity index (χ4n) is 1.84. The number of aromatic nitrogens is 2. The maximum Gasteiger partial charge on any atom is 0.137 e. The van der Waals surface area contributed by atoms with Gasteiger partial charge in [0.25, 0.3) is 0 Å². The van der Waals surface area contributed by atoms with Crippen LogP contribution in [-0.4, -0.2) is 16.2 Å². The normalized spacial score (nSPS) is 10.7. The Morgan fingerprint density at radius 3 is 2.78 bits per heavy atom. The van der Waals surface area contributed by atoms with Crippen molar-refractivity contribution in [2.24, 2.45) is 12.8 Å². The molecule has 0 fully saturated rings. The van der Waals surface area contributed by atoms with Gasteiger partial charge in [-0.3, -0.25) is 0 Å². The summed E-state index contributed by atoms with van der Waals surface area (Å²) in [5.41, 5.74) is 7.59. The third kappa shape index (κ3) is 2.35. The number of hydrogen-bond acceptors (Lipinski definition) is 3.